The number of hydrogen-bond donors (Lipinski definition) is 0. The van der Waals surface area contributed by atoms with Crippen molar-refractivity contribution in [3.8, 4) is 6.07 Å². The van der Waals surface area contributed by atoms with Crippen LogP contribution in [0.15, 0.2) is 28.7 Å². The summed E-state index contributed by atoms with van der Waals surface area (Å²) in [6.45, 7) is 2.23. The minimum atomic E-state index is -0.174. The van der Waals surface area contributed by atoms with E-state index in [0.717, 1.165) is 10.9 Å². The van der Waals surface area contributed by atoms with Crippen LogP contribution in [0.4, 0.5) is 0 Å². The predicted octanol–water partition coefficient (Wildman–Crippen LogP) is 5.20. The van der Waals surface area contributed by atoms with E-state index in [0.29, 0.717) is 5.92 Å². The van der Waals surface area contributed by atoms with Crippen LogP contribution < -0.4 is 0 Å². The first-order chi connectivity index (χ1) is 8.73. The molecule has 0 spiro atoms. The van der Waals surface area contributed by atoms with Crippen LogP contribution in [0.25, 0.3) is 0 Å². The Morgan fingerprint density at radius 3 is 2.61 bits per heavy atom. The van der Waals surface area contributed by atoms with Gasteiger partial charge in [0.05, 0.1) is 11.5 Å². The fourth-order valence-electron chi connectivity index (χ4n) is 2.80. The second-order valence-electron chi connectivity index (χ2n) is 5.34. The van der Waals surface area contributed by atoms with E-state index in [1.54, 1.807) is 0 Å². The Morgan fingerprint density at radius 1 is 1.28 bits per heavy atom. The molecule has 0 amide bonds. The minimum Gasteiger partial charge on any atom is -0.197 e. The first-order valence-corrected chi connectivity index (χ1v) is 7.69. The lowest BCUT2D eigenvalue weighted by Gasteiger charge is -2.09. The van der Waals surface area contributed by atoms with Crippen molar-refractivity contribution in [2.24, 2.45) is 5.92 Å². The first-order valence-electron chi connectivity index (χ1n) is 6.90. The molecular weight excluding hydrogens is 286 g/mol. The third-order valence-electron chi connectivity index (χ3n) is 4.07. The molecule has 0 aromatic heterocycles. The average molecular weight is 306 g/mol. The standard InChI is InChI=1S/C16H20BrN/c1-2-3-4-5-6-14-11-16(14,12-18)13-7-9-15(17)10-8-13/h7-10,14H,2-6,11H2,1H3/t14-,16-/m0/s1. The molecule has 0 aliphatic heterocycles. The Labute approximate surface area is 118 Å². The molecule has 96 valence electrons. The molecule has 2 heteroatoms. The van der Waals surface area contributed by atoms with Gasteiger partial charge in [0.25, 0.3) is 0 Å². The monoisotopic (exact) mass is 305 g/mol. The highest BCUT2D eigenvalue weighted by Gasteiger charge is 2.55. The topological polar surface area (TPSA) is 23.8 Å². The maximum atomic E-state index is 9.49. The van der Waals surface area contributed by atoms with E-state index in [-0.39, 0.29) is 5.41 Å². The lowest BCUT2D eigenvalue weighted by Crippen LogP contribution is -2.06. The van der Waals surface area contributed by atoms with Crippen molar-refractivity contribution in [1.29, 1.82) is 5.26 Å². The molecule has 0 heterocycles. The van der Waals surface area contributed by atoms with Gasteiger partial charge in [-0.3, -0.25) is 0 Å². The van der Waals surface area contributed by atoms with Gasteiger partial charge >= 0.3 is 0 Å². The van der Waals surface area contributed by atoms with Crippen LogP contribution in [0.2, 0.25) is 0 Å². The molecule has 0 saturated heterocycles. The molecule has 1 aliphatic rings. The molecule has 0 bridgehead atoms. The van der Waals surface area contributed by atoms with Gasteiger partial charge in [0.2, 0.25) is 0 Å². The Kier molecular flexibility index (Phi) is 4.45. The molecule has 1 saturated carbocycles. The first kappa shape index (κ1) is 13.6. The largest absolute Gasteiger partial charge is 0.197 e. The van der Waals surface area contributed by atoms with E-state index in [9.17, 15) is 5.26 Å². The molecular formula is C16H20BrN. The van der Waals surface area contributed by atoms with Gasteiger partial charge in [-0.2, -0.15) is 5.26 Å². The maximum Gasteiger partial charge on any atom is 0.0854 e. The smallest absolute Gasteiger partial charge is 0.0854 e. The molecule has 2 rings (SSSR count). The number of nitriles is 1. The second kappa shape index (κ2) is 5.89. The lowest BCUT2D eigenvalue weighted by molar-refractivity contribution is 0.571. The highest BCUT2D eigenvalue weighted by atomic mass is 79.9. The molecule has 1 aromatic carbocycles. The molecule has 1 aliphatic carbocycles. The van der Waals surface area contributed by atoms with Crippen molar-refractivity contribution >= 4 is 15.9 Å². The van der Waals surface area contributed by atoms with E-state index in [1.807, 2.05) is 12.1 Å². The summed E-state index contributed by atoms with van der Waals surface area (Å²) in [7, 11) is 0. The second-order valence-corrected chi connectivity index (χ2v) is 6.26. The number of halogens is 1. The molecule has 0 radical (unpaired) electrons. The van der Waals surface area contributed by atoms with Crippen LogP contribution in [-0.4, -0.2) is 0 Å². The summed E-state index contributed by atoms with van der Waals surface area (Å²) >= 11 is 3.45. The van der Waals surface area contributed by atoms with Gasteiger partial charge < -0.3 is 0 Å². The average Bonchev–Trinajstić information content (AvgIpc) is 3.10. The predicted molar refractivity (Wildman–Crippen MR) is 78.3 cm³/mol. The summed E-state index contributed by atoms with van der Waals surface area (Å²) in [5.74, 6) is 0.584. The highest BCUT2D eigenvalue weighted by Crippen LogP contribution is 2.56. The summed E-state index contributed by atoms with van der Waals surface area (Å²) < 4.78 is 1.08. The molecule has 0 unspecified atom stereocenters. The molecule has 1 nitrogen and oxygen atoms in total. The van der Waals surface area contributed by atoms with Gasteiger partial charge in [0.15, 0.2) is 0 Å². The third-order valence-corrected chi connectivity index (χ3v) is 4.60. The summed E-state index contributed by atoms with van der Waals surface area (Å²) in [5.41, 5.74) is 1.03. The summed E-state index contributed by atoms with van der Waals surface area (Å²) in [6.07, 6.45) is 7.46. The van der Waals surface area contributed by atoms with Gasteiger partial charge in [0.1, 0.15) is 0 Å². The number of hydrogen-bond acceptors (Lipinski definition) is 1. The molecule has 1 fully saturated rings. The Bertz CT molecular complexity index is 431. The van der Waals surface area contributed by atoms with Crippen molar-refractivity contribution in [1.82, 2.24) is 0 Å². The lowest BCUT2D eigenvalue weighted by atomic mass is 9.93. The zero-order valence-electron chi connectivity index (χ0n) is 11.0. The van der Waals surface area contributed by atoms with E-state index in [4.69, 9.17) is 0 Å². The number of nitrogens with zero attached hydrogens (tertiary/aromatic N) is 1. The van der Waals surface area contributed by atoms with Gasteiger partial charge in [-0.25, -0.2) is 0 Å². The fraction of sp³-hybridized carbons (Fsp3) is 0.562. The van der Waals surface area contributed by atoms with Gasteiger partial charge in [-0.1, -0.05) is 60.7 Å². The van der Waals surface area contributed by atoms with Crippen molar-refractivity contribution in [2.75, 3.05) is 0 Å². The Morgan fingerprint density at radius 2 is 2.00 bits per heavy atom. The molecule has 0 N–H and O–H groups in total. The minimum absolute atomic E-state index is 0.174. The van der Waals surface area contributed by atoms with E-state index < -0.39 is 0 Å². The third kappa shape index (κ3) is 2.78. The molecule has 2 atom stereocenters. The Balaban J connectivity index is 1.94. The van der Waals surface area contributed by atoms with Crippen LogP contribution in [0.1, 0.15) is 51.0 Å². The van der Waals surface area contributed by atoms with Crippen LogP contribution in [0.5, 0.6) is 0 Å². The number of rotatable bonds is 6. The normalized spacial score (nSPS) is 25.7. The fourth-order valence-corrected chi connectivity index (χ4v) is 3.06. The zero-order valence-corrected chi connectivity index (χ0v) is 12.5. The van der Waals surface area contributed by atoms with Crippen molar-refractivity contribution in [3.05, 3.63) is 34.3 Å². The van der Waals surface area contributed by atoms with Gasteiger partial charge in [-0.15, -0.1) is 0 Å². The maximum absolute atomic E-state index is 9.49. The summed E-state index contributed by atoms with van der Waals surface area (Å²) in [6, 6.07) is 10.8. The Hall–Kier alpha value is -0.810. The number of benzene rings is 1. The van der Waals surface area contributed by atoms with Gasteiger partial charge in [-0.05, 0) is 36.5 Å². The van der Waals surface area contributed by atoms with Gasteiger partial charge in [0, 0.05) is 4.47 Å². The van der Waals surface area contributed by atoms with Crippen LogP contribution in [0.3, 0.4) is 0 Å². The number of unbranched alkanes of at least 4 members (excludes halogenated alkanes) is 3. The molecule has 1 aromatic rings. The van der Waals surface area contributed by atoms with E-state index >= 15 is 0 Å². The van der Waals surface area contributed by atoms with Crippen molar-refractivity contribution in [3.63, 3.8) is 0 Å². The summed E-state index contributed by atoms with van der Waals surface area (Å²) in [4.78, 5) is 0. The van der Waals surface area contributed by atoms with E-state index in [2.05, 4.69) is 41.1 Å². The highest BCUT2D eigenvalue weighted by molar-refractivity contribution is 9.10. The SMILES string of the molecule is CCCCCC[C@H]1C[C@]1(C#N)c1ccc(Br)cc1. The van der Waals surface area contributed by atoms with Crippen molar-refractivity contribution < 1.29 is 0 Å². The van der Waals surface area contributed by atoms with Crippen LogP contribution >= 0.6 is 15.9 Å². The van der Waals surface area contributed by atoms with Crippen molar-refractivity contribution in [2.45, 2.75) is 50.9 Å². The quantitative estimate of drug-likeness (QED) is 0.663. The van der Waals surface area contributed by atoms with E-state index in [1.165, 1.54) is 37.7 Å². The molecule has 18 heavy (non-hydrogen) atoms. The van der Waals surface area contributed by atoms with Crippen LogP contribution in [0, 0.1) is 17.2 Å². The summed E-state index contributed by atoms with van der Waals surface area (Å²) in [5, 5.41) is 9.49. The van der Waals surface area contributed by atoms with Crippen LogP contribution in [-0.2, 0) is 5.41 Å². The zero-order chi connectivity index (χ0) is 13.0.